The van der Waals surface area contributed by atoms with Gasteiger partial charge in [-0.15, -0.1) is 0 Å². The Morgan fingerprint density at radius 1 is 1.27 bits per heavy atom. The van der Waals surface area contributed by atoms with Crippen LogP contribution in [-0.2, 0) is 4.74 Å². The molecule has 0 saturated heterocycles. The molecular formula is C13H21NO. The molecule has 0 saturated carbocycles. The van der Waals surface area contributed by atoms with E-state index in [0.717, 1.165) is 13.0 Å². The Hall–Kier alpha value is -0.860. The minimum atomic E-state index is 0.418. The summed E-state index contributed by atoms with van der Waals surface area (Å²) in [7, 11) is 3.77. The van der Waals surface area contributed by atoms with Crippen LogP contribution in [0.3, 0.4) is 0 Å². The first-order chi connectivity index (χ1) is 7.29. The number of hydrogen-bond acceptors (Lipinski definition) is 2. The Labute approximate surface area is 92.6 Å². The van der Waals surface area contributed by atoms with Crippen molar-refractivity contribution in [1.82, 2.24) is 5.32 Å². The van der Waals surface area contributed by atoms with E-state index in [1.165, 1.54) is 5.56 Å². The fraction of sp³-hybridized carbons (Fsp3) is 0.538. The molecule has 1 aromatic rings. The number of ether oxygens (including phenoxy) is 1. The third kappa shape index (κ3) is 3.65. The van der Waals surface area contributed by atoms with Crippen LogP contribution in [0.2, 0.25) is 0 Å². The minimum absolute atomic E-state index is 0.418. The molecule has 0 heterocycles. The molecule has 0 aliphatic carbocycles. The largest absolute Gasteiger partial charge is 0.385 e. The van der Waals surface area contributed by atoms with Gasteiger partial charge in [-0.25, -0.2) is 0 Å². The predicted molar refractivity (Wildman–Crippen MR) is 63.9 cm³/mol. The van der Waals surface area contributed by atoms with Gasteiger partial charge < -0.3 is 10.1 Å². The van der Waals surface area contributed by atoms with Crippen molar-refractivity contribution in [3.05, 3.63) is 35.9 Å². The summed E-state index contributed by atoms with van der Waals surface area (Å²) < 4.78 is 5.12. The molecule has 0 aromatic heterocycles. The van der Waals surface area contributed by atoms with Crippen LogP contribution in [0.1, 0.15) is 24.9 Å². The monoisotopic (exact) mass is 207 g/mol. The summed E-state index contributed by atoms with van der Waals surface area (Å²) >= 11 is 0. The molecule has 15 heavy (non-hydrogen) atoms. The Bertz CT molecular complexity index is 260. The molecule has 2 nitrogen and oxygen atoms in total. The fourth-order valence-corrected chi connectivity index (χ4v) is 1.91. The van der Waals surface area contributed by atoms with Crippen molar-refractivity contribution >= 4 is 0 Å². The zero-order valence-electron chi connectivity index (χ0n) is 9.86. The molecule has 2 heteroatoms. The average Bonchev–Trinajstić information content (AvgIpc) is 2.29. The molecule has 0 bridgehead atoms. The van der Waals surface area contributed by atoms with E-state index in [1.54, 1.807) is 7.11 Å². The van der Waals surface area contributed by atoms with Crippen molar-refractivity contribution in [2.24, 2.45) is 5.92 Å². The van der Waals surface area contributed by atoms with Gasteiger partial charge in [-0.2, -0.15) is 0 Å². The number of methoxy groups -OCH3 is 1. The predicted octanol–water partition coefficient (Wildman–Crippen LogP) is 2.62. The summed E-state index contributed by atoms with van der Waals surface area (Å²) in [6, 6.07) is 11.0. The summed E-state index contributed by atoms with van der Waals surface area (Å²) in [5.41, 5.74) is 1.35. The van der Waals surface area contributed by atoms with Crippen molar-refractivity contribution in [2.75, 3.05) is 20.8 Å². The van der Waals surface area contributed by atoms with Crippen LogP contribution in [0.5, 0.6) is 0 Å². The van der Waals surface area contributed by atoms with E-state index in [0.29, 0.717) is 12.0 Å². The van der Waals surface area contributed by atoms with Crippen LogP contribution in [0, 0.1) is 5.92 Å². The van der Waals surface area contributed by atoms with Crippen molar-refractivity contribution < 1.29 is 4.74 Å². The third-order valence-corrected chi connectivity index (χ3v) is 2.82. The van der Waals surface area contributed by atoms with Crippen LogP contribution >= 0.6 is 0 Å². The first-order valence-corrected chi connectivity index (χ1v) is 5.50. The second-order valence-electron chi connectivity index (χ2n) is 3.94. The molecule has 2 atom stereocenters. The van der Waals surface area contributed by atoms with E-state index in [2.05, 4.69) is 42.6 Å². The van der Waals surface area contributed by atoms with Gasteiger partial charge in [-0.3, -0.25) is 0 Å². The molecule has 0 aliphatic heterocycles. The lowest BCUT2D eigenvalue weighted by molar-refractivity contribution is 0.171. The quantitative estimate of drug-likeness (QED) is 0.774. The third-order valence-electron chi connectivity index (χ3n) is 2.82. The average molecular weight is 207 g/mol. The highest BCUT2D eigenvalue weighted by Gasteiger charge is 2.16. The Morgan fingerprint density at radius 2 is 1.93 bits per heavy atom. The molecule has 0 spiro atoms. The van der Waals surface area contributed by atoms with E-state index < -0.39 is 0 Å². The molecule has 0 fully saturated rings. The molecule has 1 N–H and O–H groups in total. The lowest BCUT2D eigenvalue weighted by Gasteiger charge is -2.23. The van der Waals surface area contributed by atoms with Crippen molar-refractivity contribution in [3.8, 4) is 0 Å². The highest BCUT2D eigenvalue weighted by atomic mass is 16.5. The van der Waals surface area contributed by atoms with E-state index in [4.69, 9.17) is 4.74 Å². The van der Waals surface area contributed by atoms with Crippen molar-refractivity contribution in [3.63, 3.8) is 0 Å². The van der Waals surface area contributed by atoms with Gasteiger partial charge in [0, 0.05) is 19.8 Å². The zero-order chi connectivity index (χ0) is 11.1. The van der Waals surface area contributed by atoms with Gasteiger partial charge in [0.05, 0.1) is 0 Å². The highest BCUT2D eigenvalue weighted by Crippen LogP contribution is 2.23. The first kappa shape index (κ1) is 12.2. The van der Waals surface area contributed by atoms with Gasteiger partial charge >= 0.3 is 0 Å². The maximum Gasteiger partial charge on any atom is 0.0465 e. The maximum atomic E-state index is 5.12. The topological polar surface area (TPSA) is 21.3 Å². The van der Waals surface area contributed by atoms with E-state index >= 15 is 0 Å². The lowest BCUT2D eigenvalue weighted by atomic mass is 9.92. The molecule has 1 aromatic carbocycles. The van der Waals surface area contributed by atoms with Gasteiger partial charge in [0.15, 0.2) is 0 Å². The number of benzene rings is 1. The summed E-state index contributed by atoms with van der Waals surface area (Å²) in [6.07, 6.45) is 1.08. The smallest absolute Gasteiger partial charge is 0.0465 e. The molecule has 0 radical (unpaired) electrons. The van der Waals surface area contributed by atoms with Gasteiger partial charge in [0.25, 0.3) is 0 Å². The van der Waals surface area contributed by atoms with Crippen LogP contribution < -0.4 is 5.32 Å². The lowest BCUT2D eigenvalue weighted by Crippen LogP contribution is -2.24. The van der Waals surface area contributed by atoms with Gasteiger partial charge in [-0.05, 0) is 24.9 Å². The standard InChI is InChI=1S/C13H21NO/c1-11(9-10-15-3)13(14-2)12-7-5-4-6-8-12/h4-8,11,13-14H,9-10H2,1-3H3. The fourth-order valence-electron chi connectivity index (χ4n) is 1.91. The van der Waals surface area contributed by atoms with Gasteiger partial charge in [0.1, 0.15) is 0 Å². The first-order valence-electron chi connectivity index (χ1n) is 5.50. The molecule has 84 valence electrons. The minimum Gasteiger partial charge on any atom is -0.385 e. The molecule has 0 aliphatic rings. The van der Waals surface area contributed by atoms with Gasteiger partial charge in [-0.1, -0.05) is 37.3 Å². The molecular weight excluding hydrogens is 186 g/mol. The number of hydrogen-bond donors (Lipinski definition) is 1. The Kier molecular flexibility index (Phi) is 5.37. The SMILES string of the molecule is CNC(c1ccccc1)C(C)CCOC. The summed E-state index contributed by atoms with van der Waals surface area (Å²) in [5.74, 6) is 0.581. The number of rotatable bonds is 6. The second kappa shape index (κ2) is 6.59. The van der Waals surface area contributed by atoms with Gasteiger partial charge in [0.2, 0.25) is 0 Å². The maximum absolute atomic E-state index is 5.12. The Balaban J connectivity index is 2.63. The van der Waals surface area contributed by atoms with E-state index in [-0.39, 0.29) is 0 Å². The molecule has 2 unspecified atom stereocenters. The summed E-state index contributed by atoms with van der Waals surface area (Å²) in [4.78, 5) is 0. The van der Waals surface area contributed by atoms with Crippen LogP contribution in [0.4, 0.5) is 0 Å². The van der Waals surface area contributed by atoms with Crippen LogP contribution in [0.15, 0.2) is 30.3 Å². The number of nitrogens with one attached hydrogen (secondary N) is 1. The van der Waals surface area contributed by atoms with Crippen molar-refractivity contribution in [2.45, 2.75) is 19.4 Å². The van der Waals surface area contributed by atoms with Crippen LogP contribution in [0.25, 0.3) is 0 Å². The highest BCUT2D eigenvalue weighted by molar-refractivity contribution is 5.19. The van der Waals surface area contributed by atoms with Crippen LogP contribution in [-0.4, -0.2) is 20.8 Å². The molecule has 0 amide bonds. The summed E-state index contributed by atoms with van der Waals surface area (Å²) in [6.45, 7) is 3.08. The normalized spacial score (nSPS) is 14.9. The second-order valence-corrected chi connectivity index (χ2v) is 3.94. The van der Waals surface area contributed by atoms with E-state index in [9.17, 15) is 0 Å². The molecule has 1 rings (SSSR count). The van der Waals surface area contributed by atoms with Crippen molar-refractivity contribution in [1.29, 1.82) is 0 Å². The Morgan fingerprint density at radius 3 is 2.47 bits per heavy atom. The zero-order valence-corrected chi connectivity index (χ0v) is 9.86. The summed E-state index contributed by atoms with van der Waals surface area (Å²) in [5, 5.41) is 3.37. The van der Waals surface area contributed by atoms with E-state index in [1.807, 2.05) is 7.05 Å².